The van der Waals surface area contributed by atoms with Gasteiger partial charge in [-0.1, -0.05) is 23.2 Å². The maximum absolute atomic E-state index is 6.09. The van der Waals surface area contributed by atoms with Gasteiger partial charge in [-0.05, 0) is 19.1 Å². The summed E-state index contributed by atoms with van der Waals surface area (Å²) in [6.07, 6.45) is 0. The van der Waals surface area contributed by atoms with Crippen molar-refractivity contribution in [1.82, 2.24) is 15.2 Å². The van der Waals surface area contributed by atoms with Gasteiger partial charge in [-0.3, -0.25) is 4.90 Å². The molecule has 3 nitrogen and oxygen atoms in total. The molecule has 2 rings (SSSR count). The quantitative estimate of drug-likeness (QED) is 0.826. The van der Waals surface area contributed by atoms with Crippen LogP contribution in [-0.2, 0) is 6.54 Å². The molecule has 0 saturated carbocycles. The predicted octanol–water partition coefficient (Wildman–Crippen LogP) is 2.18. The second-order valence-corrected chi connectivity index (χ2v) is 4.95. The van der Waals surface area contributed by atoms with Gasteiger partial charge in [0.2, 0.25) is 0 Å². The maximum Gasteiger partial charge on any atom is 0.129 e. The smallest absolute Gasteiger partial charge is 0.129 e. The first-order chi connectivity index (χ1) is 7.65. The molecule has 1 N–H and O–H groups in total. The monoisotopic (exact) mass is 259 g/mol. The van der Waals surface area contributed by atoms with Crippen molar-refractivity contribution in [3.8, 4) is 0 Å². The van der Waals surface area contributed by atoms with Crippen LogP contribution in [0.1, 0.15) is 12.6 Å². The van der Waals surface area contributed by atoms with E-state index in [4.69, 9.17) is 23.2 Å². The van der Waals surface area contributed by atoms with Crippen LogP contribution < -0.4 is 5.32 Å². The van der Waals surface area contributed by atoms with Crippen molar-refractivity contribution in [2.24, 2.45) is 0 Å². The highest BCUT2D eigenvalue weighted by Crippen LogP contribution is 2.18. The van der Waals surface area contributed by atoms with E-state index in [0.29, 0.717) is 16.2 Å². The molecule has 0 aromatic carbocycles. The van der Waals surface area contributed by atoms with Gasteiger partial charge in [0, 0.05) is 32.2 Å². The van der Waals surface area contributed by atoms with Crippen LogP contribution in [0.15, 0.2) is 12.1 Å². The molecule has 0 radical (unpaired) electrons. The molecule has 0 bridgehead atoms. The number of halogens is 2. The summed E-state index contributed by atoms with van der Waals surface area (Å²) in [6.45, 7) is 6.00. The first kappa shape index (κ1) is 12.1. The molecule has 1 aromatic heterocycles. The Hall–Kier alpha value is -0.350. The van der Waals surface area contributed by atoms with Crippen LogP contribution in [0.25, 0.3) is 0 Å². The van der Waals surface area contributed by atoms with Crippen molar-refractivity contribution >= 4 is 23.2 Å². The molecule has 1 fully saturated rings. The zero-order chi connectivity index (χ0) is 11.5. The Morgan fingerprint density at radius 2 is 2.31 bits per heavy atom. The van der Waals surface area contributed by atoms with E-state index in [1.54, 1.807) is 12.1 Å². The SMILES string of the molecule is C[C@@H]1CN(Cc2nc(Cl)ccc2Cl)CCN1. The second-order valence-electron chi connectivity index (χ2n) is 4.15. The molecule has 1 saturated heterocycles. The summed E-state index contributed by atoms with van der Waals surface area (Å²) < 4.78 is 0. The van der Waals surface area contributed by atoms with Crippen LogP contribution in [0.4, 0.5) is 0 Å². The van der Waals surface area contributed by atoms with Gasteiger partial charge in [0.05, 0.1) is 10.7 Å². The van der Waals surface area contributed by atoms with Gasteiger partial charge in [0.1, 0.15) is 5.15 Å². The van der Waals surface area contributed by atoms with Crippen LogP contribution >= 0.6 is 23.2 Å². The van der Waals surface area contributed by atoms with Crippen molar-refractivity contribution in [3.63, 3.8) is 0 Å². The zero-order valence-electron chi connectivity index (χ0n) is 9.21. The largest absolute Gasteiger partial charge is 0.312 e. The van der Waals surface area contributed by atoms with Gasteiger partial charge >= 0.3 is 0 Å². The molecule has 0 aliphatic carbocycles. The Morgan fingerprint density at radius 1 is 1.50 bits per heavy atom. The lowest BCUT2D eigenvalue weighted by molar-refractivity contribution is 0.198. The van der Waals surface area contributed by atoms with Gasteiger partial charge in [-0.15, -0.1) is 0 Å². The van der Waals surface area contributed by atoms with E-state index in [1.807, 2.05) is 0 Å². The van der Waals surface area contributed by atoms with Gasteiger partial charge in [0.25, 0.3) is 0 Å². The first-order valence-electron chi connectivity index (χ1n) is 5.42. The molecule has 0 amide bonds. The van der Waals surface area contributed by atoms with E-state index < -0.39 is 0 Å². The van der Waals surface area contributed by atoms with E-state index in [1.165, 1.54) is 0 Å². The van der Waals surface area contributed by atoms with Crippen molar-refractivity contribution in [1.29, 1.82) is 0 Å². The van der Waals surface area contributed by atoms with E-state index in [9.17, 15) is 0 Å². The molecule has 5 heteroatoms. The van der Waals surface area contributed by atoms with Crippen molar-refractivity contribution in [3.05, 3.63) is 28.0 Å². The molecule has 2 heterocycles. The minimum atomic E-state index is 0.502. The molecule has 1 atom stereocenters. The van der Waals surface area contributed by atoms with Gasteiger partial charge in [-0.2, -0.15) is 0 Å². The van der Waals surface area contributed by atoms with E-state index >= 15 is 0 Å². The molecule has 1 aromatic rings. The topological polar surface area (TPSA) is 28.2 Å². The second kappa shape index (κ2) is 5.32. The third kappa shape index (κ3) is 3.08. The number of nitrogens with one attached hydrogen (secondary N) is 1. The summed E-state index contributed by atoms with van der Waals surface area (Å²) in [4.78, 5) is 6.60. The normalized spacial score (nSPS) is 22.3. The lowest BCUT2D eigenvalue weighted by Gasteiger charge is -2.31. The molecule has 16 heavy (non-hydrogen) atoms. The summed E-state index contributed by atoms with van der Waals surface area (Å²) in [5, 5.41) is 4.60. The molecule has 88 valence electrons. The number of piperazine rings is 1. The highest BCUT2D eigenvalue weighted by Gasteiger charge is 2.17. The minimum Gasteiger partial charge on any atom is -0.312 e. The Bertz CT molecular complexity index is 370. The number of aromatic nitrogens is 1. The standard InChI is InChI=1S/C11H15Cl2N3/c1-8-6-16(5-4-14-8)7-10-9(12)2-3-11(13)15-10/h2-3,8,14H,4-7H2,1H3/t8-/m1/s1. The van der Waals surface area contributed by atoms with Crippen LogP contribution in [0.3, 0.4) is 0 Å². The molecule has 0 spiro atoms. The van der Waals surface area contributed by atoms with Crippen molar-refractivity contribution < 1.29 is 0 Å². The van der Waals surface area contributed by atoms with E-state index in [-0.39, 0.29) is 0 Å². The van der Waals surface area contributed by atoms with Crippen LogP contribution in [0, 0.1) is 0 Å². The zero-order valence-corrected chi connectivity index (χ0v) is 10.7. The fourth-order valence-corrected chi connectivity index (χ4v) is 2.27. The third-order valence-corrected chi connectivity index (χ3v) is 3.27. The fourth-order valence-electron chi connectivity index (χ4n) is 1.94. The summed E-state index contributed by atoms with van der Waals surface area (Å²) in [5.74, 6) is 0. The number of nitrogens with zero attached hydrogens (tertiary/aromatic N) is 2. The van der Waals surface area contributed by atoms with E-state index in [0.717, 1.165) is 31.9 Å². The number of rotatable bonds is 2. The average Bonchev–Trinajstić information content (AvgIpc) is 2.24. The number of hydrogen-bond donors (Lipinski definition) is 1. The molecular formula is C11H15Cl2N3. The molecule has 1 aliphatic rings. The van der Waals surface area contributed by atoms with E-state index in [2.05, 4.69) is 22.1 Å². The van der Waals surface area contributed by atoms with Gasteiger partial charge in [-0.25, -0.2) is 4.98 Å². The lowest BCUT2D eigenvalue weighted by Crippen LogP contribution is -2.48. The fraction of sp³-hybridized carbons (Fsp3) is 0.545. The number of pyridine rings is 1. The molecule has 0 unspecified atom stereocenters. The summed E-state index contributed by atoms with van der Waals surface area (Å²) >= 11 is 12.0. The van der Waals surface area contributed by atoms with Gasteiger partial charge < -0.3 is 5.32 Å². The Balaban J connectivity index is 2.05. The van der Waals surface area contributed by atoms with Crippen molar-refractivity contribution in [2.45, 2.75) is 19.5 Å². The highest BCUT2D eigenvalue weighted by molar-refractivity contribution is 6.32. The number of hydrogen-bond acceptors (Lipinski definition) is 3. The summed E-state index contributed by atoms with van der Waals surface area (Å²) in [7, 11) is 0. The Labute approximate surface area is 106 Å². The minimum absolute atomic E-state index is 0.502. The Kier molecular flexibility index (Phi) is 4.03. The summed E-state index contributed by atoms with van der Waals surface area (Å²) in [5.41, 5.74) is 0.864. The maximum atomic E-state index is 6.09. The summed E-state index contributed by atoms with van der Waals surface area (Å²) in [6, 6.07) is 4.04. The average molecular weight is 260 g/mol. The highest BCUT2D eigenvalue weighted by atomic mass is 35.5. The van der Waals surface area contributed by atoms with Gasteiger partial charge in [0.15, 0.2) is 0 Å². The molecule has 1 aliphatic heterocycles. The van der Waals surface area contributed by atoms with Crippen molar-refractivity contribution in [2.75, 3.05) is 19.6 Å². The van der Waals surface area contributed by atoms with Crippen LogP contribution in [0.2, 0.25) is 10.2 Å². The third-order valence-electron chi connectivity index (χ3n) is 2.71. The lowest BCUT2D eigenvalue weighted by atomic mass is 10.2. The van der Waals surface area contributed by atoms with Crippen LogP contribution in [0.5, 0.6) is 0 Å². The van der Waals surface area contributed by atoms with Crippen LogP contribution in [-0.4, -0.2) is 35.6 Å². The Morgan fingerprint density at radius 3 is 3.06 bits per heavy atom. The molecular weight excluding hydrogens is 245 g/mol. The first-order valence-corrected chi connectivity index (χ1v) is 6.17. The predicted molar refractivity (Wildman–Crippen MR) is 67.0 cm³/mol.